The third-order valence-electron chi connectivity index (χ3n) is 2.84. The molecular weight excluding hydrogens is 377 g/mol. The topological polar surface area (TPSA) is 66.2 Å². The molecule has 2 heterocycles. The third-order valence-corrected chi connectivity index (χ3v) is 3.13. The fourth-order valence-electron chi connectivity index (χ4n) is 1.62. The molecule has 0 aliphatic heterocycles. The number of alkyl halides is 5. The number of hydrogen-bond acceptors (Lipinski definition) is 5. The van der Waals surface area contributed by atoms with E-state index in [0.717, 1.165) is 17.9 Å². The number of hydrogen-bond donors (Lipinski definition) is 0. The average Bonchev–Trinajstić information content (AvgIpc) is 2.96. The van der Waals surface area contributed by atoms with Crippen molar-refractivity contribution in [2.24, 2.45) is 0 Å². The van der Waals surface area contributed by atoms with Gasteiger partial charge in [0.25, 0.3) is 0 Å². The summed E-state index contributed by atoms with van der Waals surface area (Å²) in [4.78, 5) is 15.6. The fraction of sp³-hybridized carbons (Fsp3) is 0.308. The molecule has 2 rings (SSSR count). The second-order valence-corrected chi connectivity index (χ2v) is 4.98. The molecule has 0 aliphatic rings. The molecule has 0 aliphatic carbocycles. The van der Waals surface area contributed by atoms with Crippen molar-refractivity contribution < 1.29 is 36.2 Å². The molecular formula is C13H9ClF5N3O3. The molecule has 0 unspecified atom stereocenters. The quantitative estimate of drug-likeness (QED) is 0.583. The Balaban J connectivity index is 2.36. The van der Waals surface area contributed by atoms with Gasteiger partial charge in [0.2, 0.25) is 5.88 Å². The van der Waals surface area contributed by atoms with Crippen molar-refractivity contribution in [3.8, 4) is 11.7 Å². The van der Waals surface area contributed by atoms with Crippen LogP contribution in [-0.4, -0.2) is 46.5 Å². The van der Waals surface area contributed by atoms with Crippen LogP contribution in [0.25, 0.3) is 5.82 Å². The summed E-state index contributed by atoms with van der Waals surface area (Å²) < 4.78 is 72.0. The van der Waals surface area contributed by atoms with E-state index in [2.05, 4.69) is 19.6 Å². The largest absolute Gasteiger partial charge is 0.470 e. The summed E-state index contributed by atoms with van der Waals surface area (Å²) in [6, 6.07) is 3.72. The SMILES string of the molecule is COC(=O)c1cc(OCC(F)(F)C(F)(F)F)nn1-c1ncccc1Cl. The predicted octanol–water partition coefficient (Wildman–Crippen LogP) is 3.28. The van der Waals surface area contributed by atoms with Gasteiger partial charge in [-0.15, -0.1) is 5.10 Å². The van der Waals surface area contributed by atoms with Crippen LogP contribution in [0.4, 0.5) is 22.0 Å². The van der Waals surface area contributed by atoms with Crippen LogP contribution in [0, 0.1) is 0 Å². The highest BCUT2D eigenvalue weighted by atomic mass is 35.5. The Bertz CT molecular complexity index is 779. The van der Waals surface area contributed by atoms with Crippen LogP contribution >= 0.6 is 11.6 Å². The molecule has 0 N–H and O–H groups in total. The van der Waals surface area contributed by atoms with Crippen LogP contribution in [0.1, 0.15) is 10.5 Å². The first kappa shape index (κ1) is 18.9. The Morgan fingerprint density at radius 2 is 2.00 bits per heavy atom. The summed E-state index contributed by atoms with van der Waals surface area (Å²) in [6.07, 6.45) is -4.48. The molecule has 0 fully saturated rings. The van der Waals surface area contributed by atoms with E-state index >= 15 is 0 Å². The Labute approximate surface area is 142 Å². The maximum atomic E-state index is 12.9. The van der Waals surface area contributed by atoms with Crippen LogP contribution in [0.5, 0.6) is 5.88 Å². The molecule has 2 aromatic rings. The minimum absolute atomic E-state index is 0.0444. The number of carbonyl (C=O) groups is 1. The van der Waals surface area contributed by atoms with E-state index in [4.69, 9.17) is 11.6 Å². The number of esters is 1. The summed E-state index contributed by atoms with van der Waals surface area (Å²) in [5, 5.41) is 3.69. The van der Waals surface area contributed by atoms with Crippen molar-refractivity contribution in [3.05, 3.63) is 35.1 Å². The molecule has 0 aromatic carbocycles. The van der Waals surface area contributed by atoms with Gasteiger partial charge in [-0.25, -0.2) is 14.5 Å². The molecule has 12 heteroatoms. The highest BCUT2D eigenvalue weighted by molar-refractivity contribution is 6.32. The van der Waals surface area contributed by atoms with E-state index < -0.39 is 30.6 Å². The van der Waals surface area contributed by atoms with Gasteiger partial charge in [0, 0.05) is 12.3 Å². The molecule has 25 heavy (non-hydrogen) atoms. The number of carbonyl (C=O) groups excluding carboxylic acids is 1. The zero-order valence-electron chi connectivity index (χ0n) is 12.4. The lowest BCUT2D eigenvalue weighted by Crippen LogP contribution is -2.41. The normalized spacial score (nSPS) is 12.1. The van der Waals surface area contributed by atoms with E-state index in [1.807, 2.05) is 0 Å². The molecule has 6 nitrogen and oxygen atoms in total. The van der Waals surface area contributed by atoms with Gasteiger partial charge in [-0.3, -0.25) is 0 Å². The van der Waals surface area contributed by atoms with Crippen LogP contribution in [0.15, 0.2) is 24.4 Å². The number of halogens is 6. The zero-order valence-corrected chi connectivity index (χ0v) is 13.1. The van der Waals surface area contributed by atoms with E-state index in [1.165, 1.54) is 18.3 Å². The van der Waals surface area contributed by atoms with E-state index in [-0.39, 0.29) is 16.5 Å². The lowest BCUT2D eigenvalue weighted by atomic mass is 10.3. The Morgan fingerprint density at radius 3 is 2.56 bits per heavy atom. The van der Waals surface area contributed by atoms with Gasteiger partial charge in [0.05, 0.1) is 12.1 Å². The monoisotopic (exact) mass is 385 g/mol. The Morgan fingerprint density at radius 1 is 1.32 bits per heavy atom. The molecule has 2 aromatic heterocycles. The smallest absolute Gasteiger partial charge is 0.456 e. The van der Waals surface area contributed by atoms with Gasteiger partial charge in [-0.1, -0.05) is 11.6 Å². The highest BCUT2D eigenvalue weighted by Crippen LogP contribution is 2.35. The Hall–Kier alpha value is -2.43. The molecule has 0 saturated carbocycles. The molecule has 0 atom stereocenters. The number of rotatable bonds is 5. The molecule has 136 valence electrons. The van der Waals surface area contributed by atoms with E-state index in [9.17, 15) is 26.7 Å². The number of ether oxygens (including phenoxy) is 2. The van der Waals surface area contributed by atoms with Gasteiger partial charge in [-0.2, -0.15) is 22.0 Å². The number of aromatic nitrogens is 3. The highest BCUT2D eigenvalue weighted by Gasteiger charge is 2.58. The zero-order chi connectivity index (χ0) is 18.8. The summed E-state index contributed by atoms with van der Waals surface area (Å²) in [6.45, 7) is -2.01. The van der Waals surface area contributed by atoms with Crippen LogP contribution < -0.4 is 4.74 Å². The molecule has 0 amide bonds. The van der Waals surface area contributed by atoms with Crippen LogP contribution in [-0.2, 0) is 4.74 Å². The second-order valence-electron chi connectivity index (χ2n) is 4.57. The fourth-order valence-corrected chi connectivity index (χ4v) is 1.82. The van der Waals surface area contributed by atoms with Crippen LogP contribution in [0.2, 0.25) is 5.02 Å². The lowest BCUT2D eigenvalue weighted by Gasteiger charge is -2.18. The number of nitrogens with zero attached hydrogens (tertiary/aromatic N) is 3. The first-order chi connectivity index (χ1) is 11.6. The summed E-state index contributed by atoms with van der Waals surface area (Å²) in [7, 11) is 1.04. The minimum Gasteiger partial charge on any atom is -0.470 e. The minimum atomic E-state index is -5.79. The summed E-state index contributed by atoms with van der Waals surface area (Å²) >= 11 is 5.91. The molecule has 0 bridgehead atoms. The van der Waals surface area contributed by atoms with Gasteiger partial charge < -0.3 is 9.47 Å². The molecule has 0 spiro atoms. The lowest BCUT2D eigenvalue weighted by molar-refractivity contribution is -0.290. The maximum absolute atomic E-state index is 12.9. The van der Waals surface area contributed by atoms with Crippen molar-refractivity contribution in [2.45, 2.75) is 12.1 Å². The molecule has 0 radical (unpaired) electrons. The van der Waals surface area contributed by atoms with Crippen molar-refractivity contribution in [1.29, 1.82) is 0 Å². The Kier molecular flexibility index (Phi) is 5.16. The molecule has 0 saturated heterocycles. The van der Waals surface area contributed by atoms with Gasteiger partial charge >= 0.3 is 18.1 Å². The third kappa shape index (κ3) is 3.98. The van der Waals surface area contributed by atoms with Crippen molar-refractivity contribution >= 4 is 17.6 Å². The van der Waals surface area contributed by atoms with E-state index in [1.54, 1.807) is 0 Å². The summed E-state index contributed by atoms with van der Waals surface area (Å²) in [5.41, 5.74) is -0.326. The average molecular weight is 386 g/mol. The number of methoxy groups -OCH3 is 1. The maximum Gasteiger partial charge on any atom is 0.456 e. The van der Waals surface area contributed by atoms with Crippen molar-refractivity contribution in [3.63, 3.8) is 0 Å². The van der Waals surface area contributed by atoms with Gasteiger partial charge in [0.15, 0.2) is 18.1 Å². The van der Waals surface area contributed by atoms with Crippen molar-refractivity contribution in [2.75, 3.05) is 13.7 Å². The van der Waals surface area contributed by atoms with Gasteiger partial charge in [-0.05, 0) is 12.1 Å². The first-order valence-electron chi connectivity index (χ1n) is 6.43. The standard InChI is InChI=1S/C13H9ClF5N3O3/c1-24-11(23)8-5-9(25-6-12(15,16)13(17,18)19)21-22(8)10-7(14)3-2-4-20-10/h2-5H,6H2,1H3. The van der Waals surface area contributed by atoms with Crippen molar-refractivity contribution in [1.82, 2.24) is 14.8 Å². The second kappa shape index (κ2) is 6.82. The number of pyridine rings is 1. The predicted molar refractivity (Wildman–Crippen MR) is 74.2 cm³/mol. The van der Waals surface area contributed by atoms with E-state index in [0.29, 0.717) is 0 Å². The summed E-state index contributed by atoms with van der Waals surface area (Å²) in [5.74, 6) is -6.77. The van der Waals surface area contributed by atoms with Gasteiger partial charge in [0.1, 0.15) is 0 Å². The first-order valence-corrected chi connectivity index (χ1v) is 6.81. The van der Waals surface area contributed by atoms with Crippen LogP contribution in [0.3, 0.4) is 0 Å².